The molecular weight excluding hydrogens is 355 g/mol. The van der Waals surface area contributed by atoms with Crippen molar-refractivity contribution in [2.75, 3.05) is 10.6 Å². The Bertz CT molecular complexity index is 839. The predicted molar refractivity (Wildman–Crippen MR) is 94.4 cm³/mol. The van der Waals surface area contributed by atoms with Gasteiger partial charge in [-0.05, 0) is 18.2 Å². The minimum absolute atomic E-state index is 0.356. The van der Waals surface area contributed by atoms with Crippen LogP contribution in [0.1, 0.15) is 0 Å². The molecule has 0 aliphatic heterocycles. The number of anilines is 2. The van der Waals surface area contributed by atoms with Gasteiger partial charge in [-0.2, -0.15) is 0 Å². The molecule has 2 amide bonds. The molecule has 5 nitrogen and oxygen atoms in total. The van der Waals surface area contributed by atoms with E-state index in [1.807, 2.05) is 30.3 Å². The molecule has 2 aromatic carbocycles. The summed E-state index contributed by atoms with van der Waals surface area (Å²) in [4.78, 5) is 12.0. The Labute approximate surface area is 146 Å². The normalized spacial score (nSPS) is 10.3. The van der Waals surface area contributed by atoms with Gasteiger partial charge >= 0.3 is 6.03 Å². The molecule has 0 saturated heterocycles. The SMILES string of the molecule is O=C(Nc1nnc(-c2ccccc2)s1)Nc1ccc(Cl)cc1Cl. The molecule has 0 unspecified atom stereocenters. The van der Waals surface area contributed by atoms with Gasteiger partial charge in [0.25, 0.3) is 0 Å². The molecule has 0 aliphatic rings. The van der Waals surface area contributed by atoms with Gasteiger partial charge in [-0.3, -0.25) is 5.32 Å². The van der Waals surface area contributed by atoms with Crippen LogP contribution in [0.25, 0.3) is 10.6 Å². The highest BCUT2D eigenvalue weighted by molar-refractivity contribution is 7.18. The van der Waals surface area contributed by atoms with Crippen LogP contribution in [0, 0.1) is 0 Å². The summed E-state index contributed by atoms with van der Waals surface area (Å²) in [5.74, 6) is 0. The number of benzene rings is 2. The molecule has 0 spiro atoms. The van der Waals surface area contributed by atoms with E-state index >= 15 is 0 Å². The van der Waals surface area contributed by atoms with Gasteiger partial charge in [0.1, 0.15) is 5.01 Å². The highest BCUT2D eigenvalue weighted by atomic mass is 35.5. The zero-order valence-electron chi connectivity index (χ0n) is 11.6. The van der Waals surface area contributed by atoms with Crippen molar-refractivity contribution in [1.29, 1.82) is 0 Å². The summed E-state index contributed by atoms with van der Waals surface area (Å²) in [6.45, 7) is 0. The van der Waals surface area contributed by atoms with Crippen LogP contribution >= 0.6 is 34.5 Å². The number of urea groups is 1. The number of rotatable bonds is 3. The van der Waals surface area contributed by atoms with E-state index in [9.17, 15) is 4.79 Å². The van der Waals surface area contributed by atoms with Crippen LogP contribution in [-0.4, -0.2) is 16.2 Å². The number of halogens is 2. The molecule has 1 heterocycles. The average molecular weight is 365 g/mol. The van der Waals surface area contributed by atoms with Crippen molar-refractivity contribution in [3.8, 4) is 10.6 Å². The van der Waals surface area contributed by atoms with E-state index in [2.05, 4.69) is 20.8 Å². The fraction of sp³-hybridized carbons (Fsp3) is 0. The number of nitrogens with one attached hydrogen (secondary N) is 2. The lowest BCUT2D eigenvalue weighted by Gasteiger charge is -2.07. The highest BCUT2D eigenvalue weighted by Gasteiger charge is 2.11. The maximum absolute atomic E-state index is 12.0. The van der Waals surface area contributed by atoms with E-state index in [-0.39, 0.29) is 0 Å². The molecule has 3 aromatic rings. The topological polar surface area (TPSA) is 66.9 Å². The Balaban J connectivity index is 1.68. The minimum Gasteiger partial charge on any atom is -0.306 e. The second-order valence-electron chi connectivity index (χ2n) is 4.48. The Kier molecular flexibility index (Phi) is 4.76. The van der Waals surface area contributed by atoms with Gasteiger partial charge in [-0.1, -0.05) is 64.9 Å². The molecule has 116 valence electrons. The molecule has 0 saturated carbocycles. The Morgan fingerprint density at radius 2 is 1.78 bits per heavy atom. The van der Waals surface area contributed by atoms with Crippen LogP contribution in [-0.2, 0) is 0 Å². The number of carbonyl (C=O) groups is 1. The van der Waals surface area contributed by atoms with Crippen LogP contribution in [0.4, 0.5) is 15.6 Å². The van der Waals surface area contributed by atoms with Gasteiger partial charge in [0.05, 0.1) is 10.7 Å². The molecule has 0 fully saturated rings. The first-order valence-corrected chi connectivity index (χ1v) is 8.11. The van der Waals surface area contributed by atoms with Crippen molar-refractivity contribution < 1.29 is 4.79 Å². The van der Waals surface area contributed by atoms with Gasteiger partial charge in [-0.15, -0.1) is 10.2 Å². The molecule has 23 heavy (non-hydrogen) atoms. The molecule has 0 bridgehead atoms. The van der Waals surface area contributed by atoms with Crippen molar-refractivity contribution >= 4 is 51.4 Å². The summed E-state index contributed by atoms with van der Waals surface area (Å²) in [5, 5.41) is 15.2. The third-order valence-corrected chi connectivity index (χ3v) is 4.28. The maximum atomic E-state index is 12.0. The lowest BCUT2D eigenvalue weighted by molar-refractivity contribution is 0.262. The lowest BCUT2D eigenvalue weighted by atomic mass is 10.2. The summed E-state index contributed by atoms with van der Waals surface area (Å²) < 4.78 is 0. The van der Waals surface area contributed by atoms with Gasteiger partial charge in [0.15, 0.2) is 0 Å². The van der Waals surface area contributed by atoms with E-state index in [1.165, 1.54) is 11.3 Å². The summed E-state index contributed by atoms with van der Waals surface area (Å²) in [7, 11) is 0. The summed E-state index contributed by atoms with van der Waals surface area (Å²) in [5.41, 5.74) is 1.40. The van der Waals surface area contributed by atoms with E-state index in [0.717, 1.165) is 10.6 Å². The predicted octanol–water partition coefficient (Wildman–Crippen LogP) is 5.16. The maximum Gasteiger partial charge on any atom is 0.325 e. The molecule has 3 rings (SSSR count). The smallest absolute Gasteiger partial charge is 0.306 e. The van der Waals surface area contributed by atoms with Gasteiger partial charge in [0.2, 0.25) is 5.13 Å². The van der Waals surface area contributed by atoms with Crippen molar-refractivity contribution in [2.24, 2.45) is 0 Å². The van der Waals surface area contributed by atoms with Gasteiger partial charge < -0.3 is 5.32 Å². The highest BCUT2D eigenvalue weighted by Crippen LogP contribution is 2.27. The van der Waals surface area contributed by atoms with Crippen LogP contribution < -0.4 is 10.6 Å². The molecule has 0 radical (unpaired) electrons. The number of amides is 2. The van der Waals surface area contributed by atoms with Crippen molar-refractivity contribution in [2.45, 2.75) is 0 Å². The van der Waals surface area contributed by atoms with E-state index in [4.69, 9.17) is 23.2 Å². The first-order chi connectivity index (χ1) is 11.1. The number of carbonyl (C=O) groups excluding carboxylic acids is 1. The zero-order chi connectivity index (χ0) is 16.2. The first-order valence-electron chi connectivity index (χ1n) is 6.54. The van der Waals surface area contributed by atoms with Gasteiger partial charge in [0, 0.05) is 10.6 Å². The Hall–Kier alpha value is -2.15. The third-order valence-electron chi connectivity index (χ3n) is 2.85. The first kappa shape index (κ1) is 15.7. The largest absolute Gasteiger partial charge is 0.325 e. The second kappa shape index (κ2) is 6.95. The minimum atomic E-state index is -0.454. The third kappa shape index (κ3) is 3.98. The molecular formula is C15H10Cl2N4OS. The standard InChI is InChI=1S/C15H10Cl2N4OS/c16-10-6-7-12(11(17)8-10)18-14(22)19-15-21-20-13(23-15)9-4-2-1-3-5-9/h1-8H,(H2,18,19,21,22). The zero-order valence-corrected chi connectivity index (χ0v) is 13.9. The van der Waals surface area contributed by atoms with Crippen molar-refractivity contribution in [3.63, 3.8) is 0 Å². The molecule has 0 atom stereocenters. The van der Waals surface area contributed by atoms with Crippen LogP contribution in [0.15, 0.2) is 48.5 Å². The number of hydrogen-bond donors (Lipinski definition) is 2. The van der Waals surface area contributed by atoms with Crippen molar-refractivity contribution in [3.05, 3.63) is 58.6 Å². The fourth-order valence-electron chi connectivity index (χ4n) is 1.81. The molecule has 0 aliphatic carbocycles. The molecule has 1 aromatic heterocycles. The summed E-state index contributed by atoms with van der Waals surface area (Å²) >= 11 is 13.1. The average Bonchev–Trinajstić information content (AvgIpc) is 2.99. The number of nitrogens with zero attached hydrogens (tertiary/aromatic N) is 2. The lowest BCUT2D eigenvalue weighted by Crippen LogP contribution is -2.19. The number of hydrogen-bond acceptors (Lipinski definition) is 4. The second-order valence-corrected chi connectivity index (χ2v) is 6.30. The number of aromatic nitrogens is 2. The molecule has 8 heteroatoms. The molecule has 2 N–H and O–H groups in total. The quantitative estimate of drug-likeness (QED) is 0.674. The van der Waals surface area contributed by atoms with Crippen LogP contribution in [0.3, 0.4) is 0 Å². The van der Waals surface area contributed by atoms with Crippen LogP contribution in [0.2, 0.25) is 10.0 Å². The van der Waals surface area contributed by atoms with E-state index in [1.54, 1.807) is 18.2 Å². The fourth-order valence-corrected chi connectivity index (χ4v) is 3.01. The Morgan fingerprint density at radius 3 is 2.52 bits per heavy atom. The van der Waals surface area contributed by atoms with Crippen LogP contribution in [0.5, 0.6) is 0 Å². The summed E-state index contributed by atoms with van der Waals surface area (Å²) in [6.07, 6.45) is 0. The van der Waals surface area contributed by atoms with E-state index in [0.29, 0.717) is 20.9 Å². The monoisotopic (exact) mass is 364 g/mol. The van der Waals surface area contributed by atoms with Gasteiger partial charge in [-0.25, -0.2) is 4.79 Å². The summed E-state index contributed by atoms with van der Waals surface area (Å²) in [6, 6.07) is 14.0. The van der Waals surface area contributed by atoms with Crippen molar-refractivity contribution in [1.82, 2.24) is 10.2 Å². The van der Waals surface area contributed by atoms with E-state index < -0.39 is 6.03 Å². The Morgan fingerprint density at radius 1 is 1.00 bits per heavy atom.